The number of phenols is 1. The van der Waals surface area contributed by atoms with Gasteiger partial charge in [0.25, 0.3) is 5.91 Å². The summed E-state index contributed by atoms with van der Waals surface area (Å²) in [5.41, 5.74) is 13.0. The molecule has 0 bridgehead atoms. The van der Waals surface area contributed by atoms with Crippen LogP contribution in [0.15, 0.2) is 24.3 Å². The fourth-order valence-electron chi connectivity index (χ4n) is 0.979. The maximum absolute atomic E-state index is 10.5. The molecule has 0 saturated carbocycles. The molecule has 0 saturated heterocycles. The van der Waals surface area contributed by atoms with Crippen LogP contribution in [0.2, 0.25) is 0 Å². The number of carbonyl (C=O) groups excluding carboxylic acids is 1. The zero-order chi connectivity index (χ0) is 9.84. The van der Waals surface area contributed by atoms with Crippen LogP contribution in [0.5, 0.6) is 5.75 Å². The normalized spacial score (nSPS) is 12.4. The number of rotatable bonds is 3. The number of nitrogens with one attached hydrogen (secondary N) is 1. The number of amides is 1. The molecule has 69 valence electrons. The zero-order valence-corrected chi connectivity index (χ0v) is 7.03. The van der Waals surface area contributed by atoms with E-state index in [2.05, 4.69) is 0 Å². The lowest BCUT2D eigenvalue weighted by Gasteiger charge is -2.05. The van der Waals surface area contributed by atoms with Gasteiger partial charge in [0.05, 0.1) is 6.04 Å². The molecular formula is C9H11N2O2. The van der Waals surface area contributed by atoms with Gasteiger partial charge in [0.2, 0.25) is 0 Å². The summed E-state index contributed by atoms with van der Waals surface area (Å²) in [4.78, 5) is 10.5. The minimum atomic E-state index is -0.774. The first kappa shape index (κ1) is 9.54. The number of aromatic hydroxyl groups is 1. The van der Waals surface area contributed by atoms with Crippen LogP contribution in [0.25, 0.3) is 0 Å². The number of phenolic OH excluding ortho intramolecular Hbond substituents is 1. The Kier molecular flexibility index (Phi) is 2.87. The summed E-state index contributed by atoms with van der Waals surface area (Å²) in [6.45, 7) is 0. The van der Waals surface area contributed by atoms with Gasteiger partial charge in [-0.25, -0.2) is 0 Å². The number of carbonyl (C=O) groups is 1. The molecule has 1 amide bonds. The van der Waals surface area contributed by atoms with Gasteiger partial charge in [-0.1, -0.05) is 12.1 Å². The zero-order valence-electron chi connectivity index (χ0n) is 7.03. The lowest BCUT2D eigenvalue weighted by atomic mass is 10.1. The van der Waals surface area contributed by atoms with Crippen molar-refractivity contribution in [2.24, 2.45) is 5.73 Å². The van der Waals surface area contributed by atoms with Crippen LogP contribution in [0.3, 0.4) is 0 Å². The minimum absolute atomic E-state index is 0.175. The van der Waals surface area contributed by atoms with Crippen LogP contribution in [0, 0.1) is 0 Å². The van der Waals surface area contributed by atoms with Gasteiger partial charge in [-0.05, 0) is 24.1 Å². The van der Waals surface area contributed by atoms with Crippen molar-refractivity contribution in [2.75, 3.05) is 0 Å². The Labute approximate surface area is 76.2 Å². The highest BCUT2D eigenvalue weighted by Gasteiger charge is 2.10. The highest BCUT2D eigenvalue weighted by Crippen LogP contribution is 2.10. The van der Waals surface area contributed by atoms with Crippen LogP contribution < -0.4 is 11.5 Å². The van der Waals surface area contributed by atoms with Gasteiger partial charge in [0.1, 0.15) is 5.75 Å². The quantitative estimate of drug-likeness (QED) is 0.688. The second-order valence-electron chi connectivity index (χ2n) is 2.84. The third kappa shape index (κ3) is 2.76. The van der Waals surface area contributed by atoms with Crippen molar-refractivity contribution < 1.29 is 9.90 Å². The average Bonchev–Trinajstić information content (AvgIpc) is 2.08. The molecule has 0 aliphatic carbocycles. The molecule has 0 spiro atoms. The molecule has 1 atom stereocenters. The molecule has 4 heteroatoms. The molecule has 0 heterocycles. The van der Waals surface area contributed by atoms with Gasteiger partial charge in [-0.3, -0.25) is 10.5 Å². The summed E-state index contributed by atoms with van der Waals surface area (Å²) in [6.07, 6.45) is 0.336. The molecule has 4 N–H and O–H groups in total. The van der Waals surface area contributed by atoms with Crippen molar-refractivity contribution in [3.05, 3.63) is 29.8 Å². The molecule has 0 aliphatic rings. The van der Waals surface area contributed by atoms with Crippen LogP contribution in [-0.4, -0.2) is 17.1 Å². The molecule has 0 aliphatic heterocycles. The molecule has 4 nitrogen and oxygen atoms in total. The standard InChI is InChI=1S/C9H11N2O2/c10-8(9(11)13)5-6-1-3-7(12)4-2-6/h1-4,8,11-12H,5,10H2/t8-/m1/s1. The molecule has 1 aromatic rings. The van der Waals surface area contributed by atoms with Crippen molar-refractivity contribution in [3.8, 4) is 5.75 Å². The van der Waals surface area contributed by atoms with Gasteiger partial charge in [-0.2, -0.15) is 0 Å². The predicted molar refractivity (Wildman–Crippen MR) is 47.9 cm³/mol. The van der Waals surface area contributed by atoms with Gasteiger partial charge >= 0.3 is 0 Å². The molecular weight excluding hydrogens is 168 g/mol. The van der Waals surface area contributed by atoms with Crippen LogP contribution in [-0.2, 0) is 11.2 Å². The van der Waals surface area contributed by atoms with Gasteiger partial charge in [-0.15, -0.1) is 0 Å². The summed E-state index contributed by atoms with van der Waals surface area (Å²) in [5.74, 6) is -0.595. The Morgan fingerprint density at radius 3 is 2.46 bits per heavy atom. The Balaban J connectivity index is 2.64. The van der Waals surface area contributed by atoms with E-state index in [0.717, 1.165) is 5.56 Å². The van der Waals surface area contributed by atoms with Gasteiger partial charge in [0.15, 0.2) is 0 Å². The first-order valence-electron chi connectivity index (χ1n) is 3.88. The second kappa shape index (κ2) is 3.91. The van der Waals surface area contributed by atoms with E-state index in [1.807, 2.05) is 0 Å². The highest BCUT2D eigenvalue weighted by atomic mass is 16.3. The second-order valence-corrected chi connectivity index (χ2v) is 2.84. The Hall–Kier alpha value is -1.55. The molecule has 1 radical (unpaired) electrons. The SMILES string of the molecule is [NH]C(=O)[C@H](N)Cc1ccc(O)cc1. The summed E-state index contributed by atoms with van der Waals surface area (Å²) < 4.78 is 0. The summed E-state index contributed by atoms with van der Waals surface area (Å²) in [6, 6.07) is 5.63. The molecule has 13 heavy (non-hydrogen) atoms. The fraction of sp³-hybridized carbons (Fsp3) is 0.222. The van der Waals surface area contributed by atoms with Crippen molar-refractivity contribution in [1.29, 1.82) is 0 Å². The summed E-state index contributed by atoms with van der Waals surface area (Å²) >= 11 is 0. The summed E-state index contributed by atoms with van der Waals surface area (Å²) in [7, 11) is 0. The topological polar surface area (TPSA) is 87.1 Å². The van der Waals surface area contributed by atoms with Crippen molar-refractivity contribution >= 4 is 5.91 Å². The lowest BCUT2D eigenvalue weighted by Crippen LogP contribution is -2.33. The molecule has 0 unspecified atom stereocenters. The first-order chi connectivity index (χ1) is 6.09. The maximum Gasteiger partial charge on any atom is 0.255 e. The van der Waals surface area contributed by atoms with Crippen molar-refractivity contribution in [2.45, 2.75) is 12.5 Å². The van der Waals surface area contributed by atoms with Crippen molar-refractivity contribution in [3.63, 3.8) is 0 Å². The van der Waals surface area contributed by atoms with E-state index >= 15 is 0 Å². The monoisotopic (exact) mass is 179 g/mol. The molecule has 0 fully saturated rings. The third-order valence-corrected chi connectivity index (χ3v) is 1.73. The Morgan fingerprint density at radius 2 is 2.00 bits per heavy atom. The number of hydrogen-bond donors (Lipinski definition) is 2. The largest absolute Gasteiger partial charge is 0.508 e. The third-order valence-electron chi connectivity index (χ3n) is 1.73. The van der Waals surface area contributed by atoms with Crippen LogP contribution in [0.1, 0.15) is 5.56 Å². The van der Waals surface area contributed by atoms with E-state index in [-0.39, 0.29) is 5.75 Å². The minimum Gasteiger partial charge on any atom is -0.508 e. The number of benzene rings is 1. The lowest BCUT2D eigenvalue weighted by molar-refractivity contribution is -0.119. The average molecular weight is 179 g/mol. The van der Waals surface area contributed by atoms with E-state index in [0.29, 0.717) is 6.42 Å². The molecule has 1 rings (SSSR count). The van der Waals surface area contributed by atoms with E-state index in [9.17, 15) is 4.79 Å². The highest BCUT2D eigenvalue weighted by molar-refractivity contribution is 5.79. The fourth-order valence-corrected chi connectivity index (χ4v) is 0.979. The predicted octanol–water partition coefficient (Wildman–Crippen LogP) is 0.0715. The molecule has 1 aromatic carbocycles. The van der Waals surface area contributed by atoms with Crippen molar-refractivity contribution in [1.82, 2.24) is 5.73 Å². The van der Waals surface area contributed by atoms with Crippen LogP contribution in [0.4, 0.5) is 0 Å². The summed E-state index contributed by atoms with van der Waals surface area (Å²) in [5, 5.41) is 8.96. The molecule has 0 aromatic heterocycles. The first-order valence-corrected chi connectivity index (χ1v) is 3.88. The number of hydrogen-bond acceptors (Lipinski definition) is 3. The Morgan fingerprint density at radius 1 is 1.46 bits per heavy atom. The van der Waals surface area contributed by atoms with E-state index in [4.69, 9.17) is 16.6 Å². The smallest absolute Gasteiger partial charge is 0.255 e. The van der Waals surface area contributed by atoms with E-state index in [1.165, 1.54) is 12.1 Å². The number of nitrogens with two attached hydrogens (primary N) is 1. The maximum atomic E-state index is 10.5. The van der Waals surface area contributed by atoms with E-state index in [1.54, 1.807) is 12.1 Å². The van der Waals surface area contributed by atoms with Gasteiger partial charge in [0, 0.05) is 0 Å². The van der Waals surface area contributed by atoms with E-state index < -0.39 is 11.9 Å². The van der Waals surface area contributed by atoms with Gasteiger partial charge < -0.3 is 10.8 Å². The van der Waals surface area contributed by atoms with Crippen LogP contribution >= 0.6 is 0 Å². The Bertz CT molecular complexity index is 295.